The smallest absolute Gasteiger partial charge is 0.196 e. The highest BCUT2D eigenvalue weighted by Crippen LogP contribution is 2.23. The third kappa shape index (κ3) is 2.52. The first-order valence-corrected chi connectivity index (χ1v) is 7.59. The molecule has 0 atom stereocenters. The SMILES string of the molecule is Cc1ccc(C)c(-c2cccc(-c3cccc[n+]3C)[n+]2C)c1. The van der Waals surface area contributed by atoms with Crippen LogP contribution >= 0.6 is 0 Å². The van der Waals surface area contributed by atoms with E-state index < -0.39 is 0 Å². The molecule has 2 heteroatoms. The Bertz CT molecular complexity index is 835. The van der Waals surface area contributed by atoms with E-state index in [2.05, 4.69) is 97.9 Å². The summed E-state index contributed by atoms with van der Waals surface area (Å²) in [7, 11) is 4.22. The fraction of sp³-hybridized carbons (Fsp3) is 0.200. The molecule has 0 N–H and O–H groups in total. The Morgan fingerprint density at radius 1 is 0.727 bits per heavy atom. The van der Waals surface area contributed by atoms with Gasteiger partial charge >= 0.3 is 0 Å². The van der Waals surface area contributed by atoms with Crippen LogP contribution in [0.2, 0.25) is 0 Å². The lowest BCUT2D eigenvalue weighted by Crippen LogP contribution is -2.39. The van der Waals surface area contributed by atoms with Gasteiger partial charge in [0.25, 0.3) is 11.4 Å². The van der Waals surface area contributed by atoms with Crippen molar-refractivity contribution in [1.29, 1.82) is 0 Å². The second kappa shape index (κ2) is 5.72. The molecule has 0 unspecified atom stereocenters. The Morgan fingerprint density at radius 3 is 2.23 bits per heavy atom. The zero-order valence-corrected chi connectivity index (χ0v) is 13.7. The summed E-state index contributed by atoms with van der Waals surface area (Å²) in [6.07, 6.45) is 2.08. The van der Waals surface area contributed by atoms with Gasteiger partial charge in [-0.25, -0.2) is 0 Å². The van der Waals surface area contributed by atoms with Gasteiger partial charge in [0.1, 0.15) is 14.1 Å². The summed E-state index contributed by atoms with van der Waals surface area (Å²) in [5, 5.41) is 0. The third-order valence-electron chi connectivity index (χ3n) is 4.22. The maximum absolute atomic E-state index is 2.27. The molecule has 0 bridgehead atoms. The zero-order chi connectivity index (χ0) is 15.7. The lowest BCUT2D eigenvalue weighted by molar-refractivity contribution is -0.685. The number of hydrogen-bond donors (Lipinski definition) is 0. The van der Waals surface area contributed by atoms with Gasteiger partial charge in [-0.2, -0.15) is 9.13 Å². The Labute approximate surface area is 132 Å². The molecule has 0 aliphatic heterocycles. The second-order valence-corrected chi connectivity index (χ2v) is 5.87. The van der Waals surface area contributed by atoms with Crippen molar-refractivity contribution in [2.24, 2.45) is 14.1 Å². The molecular formula is C20H22N2+2. The quantitative estimate of drug-likeness (QED) is 0.640. The molecule has 0 spiro atoms. The van der Waals surface area contributed by atoms with Crippen molar-refractivity contribution >= 4 is 0 Å². The number of nitrogens with zero attached hydrogens (tertiary/aromatic N) is 2. The first-order valence-electron chi connectivity index (χ1n) is 7.59. The van der Waals surface area contributed by atoms with Crippen molar-refractivity contribution in [2.45, 2.75) is 13.8 Å². The maximum Gasteiger partial charge on any atom is 0.277 e. The molecule has 0 saturated heterocycles. The van der Waals surface area contributed by atoms with Crippen LogP contribution in [0.4, 0.5) is 0 Å². The van der Waals surface area contributed by atoms with Crippen molar-refractivity contribution < 1.29 is 9.13 Å². The summed E-state index contributed by atoms with van der Waals surface area (Å²) in [6.45, 7) is 4.31. The van der Waals surface area contributed by atoms with Gasteiger partial charge in [-0.05, 0) is 37.6 Å². The number of benzene rings is 1. The molecule has 2 heterocycles. The number of aryl methyl sites for hydroxylation is 3. The van der Waals surface area contributed by atoms with Crippen molar-refractivity contribution in [3.05, 3.63) is 71.9 Å². The van der Waals surface area contributed by atoms with E-state index in [1.807, 2.05) is 0 Å². The molecular weight excluding hydrogens is 268 g/mol. The minimum atomic E-state index is 1.21. The van der Waals surface area contributed by atoms with E-state index in [9.17, 15) is 0 Å². The van der Waals surface area contributed by atoms with Crippen LogP contribution in [0, 0.1) is 13.8 Å². The maximum atomic E-state index is 2.27. The van der Waals surface area contributed by atoms with Gasteiger partial charge in [0.15, 0.2) is 6.20 Å². The van der Waals surface area contributed by atoms with Crippen LogP contribution in [0.1, 0.15) is 11.1 Å². The zero-order valence-electron chi connectivity index (χ0n) is 13.7. The molecule has 0 aliphatic carbocycles. The number of rotatable bonds is 2. The summed E-state index contributed by atoms with van der Waals surface area (Å²) in [6, 6.07) is 19.4. The summed E-state index contributed by atoms with van der Waals surface area (Å²) in [5.41, 5.74) is 7.54. The molecule has 3 aromatic rings. The highest BCUT2D eigenvalue weighted by Gasteiger charge is 2.22. The van der Waals surface area contributed by atoms with Crippen LogP contribution in [-0.4, -0.2) is 0 Å². The van der Waals surface area contributed by atoms with Gasteiger partial charge in [0, 0.05) is 29.8 Å². The largest absolute Gasteiger partial charge is 0.277 e. The number of pyridine rings is 2. The Balaban J connectivity index is 2.22. The lowest BCUT2D eigenvalue weighted by Gasteiger charge is -2.07. The van der Waals surface area contributed by atoms with Gasteiger partial charge in [-0.15, -0.1) is 0 Å². The van der Waals surface area contributed by atoms with E-state index >= 15 is 0 Å². The van der Waals surface area contributed by atoms with Crippen LogP contribution in [0.25, 0.3) is 22.6 Å². The van der Waals surface area contributed by atoms with Gasteiger partial charge in [-0.3, -0.25) is 0 Å². The van der Waals surface area contributed by atoms with Crippen LogP contribution in [-0.2, 0) is 14.1 Å². The first-order chi connectivity index (χ1) is 10.6. The van der Waals surface area contributed by atoms with E-state index in [-0.39, 0.29) is 0 Å². The first kappa shape index (κ1) is 14.5. The molecule has 22 heavy (non-hydrogen) atoms. The van der Waals surface area contributed by atoms with Gasteiger partial charge in [0.2, 0.25) is 5.69 Å². The molecule has 0 fully saturated rings. The fourth-order valence-electron chi connectivity index (χ4n) is 2.91. The van der Waals surface area contributed by atoms with E-state index in [1.54, 1.807) is 0 Å². The fourth-order valence-corrected chi connectivity index (χ4v) is 2.91. The Hall–Kier alpha value is -2.48. The molecule has 1 aromatic carbocycles. The van der Waals surface area contributed by atoms with Crippen LogP contribution in [0.5, 0.6) is 0 Å². The van der Waals surface area contributed by atoms with E-state index in [0.29, 0.717) is 0 Å². The standard InChI is InChI=1S/C20H22N2/c1-15-11-12-16(2)17(14-15)18-9-7-10-20(22(18)4)19-8-5-6-13-21(19)3/h5-14H,1-4H3/q+2. The van der Waals surface area contributed by atoms with Gasteiger partial charge in [0.05, 0.1) is 0 Å². The van der Waals surface area contributed by atoms with Crippen molar-refractivity contribution in [1.82, 2.24) is 0 Å². The predicted octanol–water partition coefficient (Wildman–Crippen LogP) is 3.29. The molecule has 2 aromatic heterocycles. The summed E-state index contributed by atoms with van der Waals surface area (Å²) in [4.78, 5) is 0. The average Bonchev–Trinajstić information content (AvgIpc) is 2.51. The van der Waals surface area contributed by atoms with Crippen LogP contribution in [0.15, 0.2) is 60.8 Å². The molecule has 3 rings (SSSR count). The highest BCUT2D eigenvalue weighted by atomic mass is 15.0. The Kier molecular flexibility index (Phi) is 3.76. The monoisotopic (exact) mass is 290 g/mol. The molecule has 0 aliphatic rings. The Morgan fingerprint density at radius 2 is 1.45 bits per heavy atom. The number of aromatic nitrogens is 2. The minimum Gasteiger partial charge on any atom is -0.196 e. The van der Waals surface area contributed by atoms with E-state index in [1.165, 1.54) is 33.8 Å². The predicted molar refractivity (Wildman–Crippen MR) is 89.1 cm³/mol. The molecule has 0 saturated carbocycles. The normalized spacial score (nSPS) is 10.7. The van der Waals surface area contributed by atoms with Crippen molar-refractivity contribution in [3.63, 3.8) is 0 Å². The molecule has 2 nitrogen and oxygen atoms in total. The van der Waals surface area contributed by atoms with Crippen LogP contribution < -0.4 is 9.13 Å². The number of hydrogen-bond acceptors (Lipinski definition) is 0. The molecule has 0 radical (unpaired) electrons. The summed E-state index contributed by atoms with van der Waals surface area (Å²) in [5.74, 6) is 0. The lowest BCUT2D eigenvalue weighted by atomic mass is 10.0. The third-order valence-corrected chi connectivity index (χ3v) is 4.22. The van der Waals surface area contributed by atoms with E-state index in [0.717, 1.165) is 0 Å². The summed E-state index contributed by atoms with van der Waals surface area (Å²) < 4.78 is 4.43. The summed E-state index contributed by atoms with van der Waals surface area (Å²) >= 11 is 0. The molecule has 110 valence electrons. The average molecular weight is 290 g/mol. The molecule has 0 amide bonds. The van der Waals surface area contributed by atoms with Crippen molar-refractivity contribution in [3.8, 4) is 22.6 Å². The van der Waals surface area contributed by atoms with E-state index in [4.69, 9.17) is 0 Å². The highest BCUT2D eigenvalue weighted by molar-refractivity contribution is 5.63. The topological polar surface area (TPSA) is 7.76 Å². The van der Waals surface area contributed by atoms with Crippen molar-refractivity contribution in [2.75, 3.05) is 0 Å². The van der Waals surface area contributed by atoms with Crippen LogP contribution in [0.3, 0.4) is 0 Å². The van der Waals surface area contributed by atoms with Gasteiger partial charge in [-0.1, -0.05) is 17.7 Å². The minimum absolute atomic E-state index is 1.21. The second-order valence-electron chi connectivity index (χ2n) is 5.87. The van der Waals surface area contributed by atoms with Gasteiger partial charge < -0.3 is 0 Å².